The molecule has 0 amide bonds. The van der Waals surface area contributed by atoms with E-state index in [4.69, 9.17) is 4.74 Å². The Balaban J connectivity index is 2.60. The molecule has 0 aliphatic carbocycles. The summed E-state index contributed by atoms with van der Waals surface area (Å²) in [6, 6.07) is 5.91. The molecule has 1 aliphatic heterocycles. The van der Waals surface area contributed by atoms with Gasteiger partial charge in [0.25, 0.3) is 0 Å². The molecule has 55 valence electrons. The van der Waals surface area contributed by atoms with E-state index in [9.17, 15) is 0 Å². The van der Waals surface area contributed by atoms with Crippen LogP contribution in [0.1, 0.15) is 11.1 Å². The number of hydrogen-bond acceptors (Lipinski definition) is 1. The van der Waals surface area contributed by atoms with Crippen molar-refractivity contribution in [1.82, 2.24) is 0 Å². The highest BCUT2D eigenvalue weighted by atomic mass is 16.5. The van der Waals surface area contributed by atoms with Crippen molar-refractivity contribution in [3.8, 4) is 5.75 Å². The fraction of sp³-hybridized carbons (Fsp3) is 0.100. The highest BCUT2D eigenvalue weighted by Gasteiger charge is 2.05. The van der Waals surface area contributed by atoms with Crippen LogP contribution in [0.5, 0.6) is 5.75 Å². The molecule has 0 spiro atoms. The number of ether oxygens (including phenoxy) is 1. The Morgan fingerprint density at radius 1 is 1.36 bits per heavy atom. The van der Waals surface area contributed by atoms with Gasteiger partial charge in [-0.1, -0.05) is 18.2 Å². The van der Waals surface area contributed by atoms with Crippen LogP contribution in [0.2, 0.25) is 0 Å². The molecular weight excluding hydrogens is 136 g/mol. The van der Waals surface area contributed by atoms with Crippen LogP contribution in [-0.2, 0) is 0 Å². The molecule has 0 unspecified atom stereocenters. The summed E-state index contributed by atoms with van der Waals surface area (Å²) in [7, 11) is 0. The standard InChI is InChI=1S/C10H9O/c1-8-4-2-6-10-9(8)5-3-7-11-10/h2-6H,1,7H2. The van der Waals surface area contributed by atoms with E-state index < -0.39 is 0 Å². The number of hydrogen-bond donors (Lipinski definition) is 0. The van der Waals surface area contributed by atoms with Crippen LogP contribution in [0.15, 0.2) is 24.3 Å². The maximum absolute atomic E-state index is 5.38. The van der Waals surface area contributed by atoms with Crippen LogP contribution in [0.4, 0.5) is 0 Å². The van der Waals surface area contributed by atoms with Crippen LogP contribution in [0.3, 0.4) is 0 Å². The number of fused-ring (bicyclic) bond motifs is 1. The number of rotatable bonds is 0. The van der Waals surface area contributed by atoms with Crippen LogP contribution in [0.25, 0.3) is 6.08 Å². The van der Waals surface area contributed by atoms with Crippen LogP contribution >= 0.6 is 0 Å². The van der Waals surface area contributed by atoms with E-state index in [1.807, 2.05) is 24.3 Å². The second-order valence-corrected chi connectivity index (χ2v) is 2.54. The van der Waals surface area contributed by atoms with Crippen molar-refractivity contribution in [2.75, 3.05) is 6.61 Å². The van der Waals surface area contributed by atoms with Crippen LogP contribution in [0, 0.1) is 6.92 Å². The first-order chi connectivity index (χ1) is 5.38. The van der Waals surface area contributed by atoms with Gasteiger partial charge in [-0.3, -0.25) is 0 Å². The molecule has 1 aromatic rings. The highest BCUT2D eigenvalue weighted by Crippen LogP contribution is 2.25. The Kier molecular flexibility index (Phi) is 1.42. The number of benzene rings is 1. The SMILES string of the molecule is [CH2]c1cccc2c1C=CCO2. The van der Waals surface area contributed by atoms with Gasteiger partial charge in [0.15, 0.2) is 0 Å². The largest absolute Gasteiger partial charge is 0.489 e. The molecular formula is C10H9O. The van der Waals surface area contributed by atoms with Gasteiger partial charge in [0.1, 0.15) is 12.4 Å². The van der Waals surface area contributed by atoms with Crippen molar-refractivity contribution in [3.63, 3.8) is 0 Å². The monoisotopic (exact) mass is 145 g/mol. The van der Waals surface area contributed by atoms with Gasteiger partial charge < -0.3 is 4.74 Å². The fourth-order valence-electron chi connectivity index (χ4n) is 1.21. The summed E-state index contributed by atoms with van der Waals surface area (Å²) in [6.45, 7) is 4.58. The molecule has 11 heavy (non-hydrogen) atoms. The minimum absolute atomic E-state index is 0.677. The lowest BCUT2D eigenvalue weighted by molar-refractivity contribution is 0.358. The molecule has 1 heterocycles. The van der Waals surface area contributed by atoms with E-state index >= 15 is 0 Å². The van der Waals surface area contributed by atoms with Crippen molar-refractivity contribution in [2.24, 2.45) is 0 Å². The predicted molar refractivity (Wildman–Crippen MR) is 45.4 cm³/mol. The van der Waals surface area contributed by atoms with Crippen molar-refractivity contribution < 1.29 is 4.74 Å². The van der Waals surface area contributed by atoms with Gasteiger partial charge in [-0.25, -0.2) is 0 Å². The Labute approximate surface area is 66.3 Å². The molecule has 0 saturated heterocycles. The molecule has 0 bridgehead atoms. The lowest BCUT2D eigenvalue weighted by Gasteiger charge is -2.13. The Hall–Kier alpha value is -1.24. The molecule has 0 fully saturated rings. The van der Waals surface area contributed by atoms with Gasteiger partial charge in [-0.2, -0.15) is 0 Å². The topological polar surface area (TPSA) is 9.23 Å². The normalized spacial score (nSPS) is 13.9. The Morgan fingerprint density at radius 3 is 3.09 bits per heavy atom. The first-order valence-electron chi connectivity index (χ1n) is 3.62. The zero-order valence-electron chi connectivity index (χ0n) is 6.21. The first kappa shape index (κ1) is 6.47. The highest BCUT2D eigenvalue weighted by molar-refractivity contribution is 5.63. The van der Waals surface area contributed by atoms with E-state index in [2.05, 4.69) is 13.0 Å². The smallest absolute Gasteiger partial charge is 0.127 e. The molecule has 2 rings (SSSR count). The maximum Gasteiger partial charge on any atom is 0.127 e. The van der Waals surface area contributed by atoms with E-state index in [0.717, 1.165) is 16.9 Å². The lowest BCUT2D eigenvalue weighted by Crippen LogP contribution is -2.00. The Morgan fingerprint density at radius 2 is 2.27 bits per heavy atom. The second kappa shape index (κ2) is 2.42. The maximum atomic E-state index is 5.38. The average molecular weight is 145 g/mol. The van der Waals surface area contributed by atoms with E-state index in [1.165, 1.54) is 0 Å². The van der Waals surface area contributed by atoms with Gasteiger partial charge in [0.05, 0.1) is 0 Å². The molecule has 0 N–H and O–H groups in total. The summed E-state index contributed by atoms with van der Waals surface area (Å²) in [4.78, 5) is 0. The molecule has 1 aromatic carbocycles. The van der Waals surface area contributed by atoms with E-state index in [1.54, 1.807) is 0 Å². The summed E-state index contributed by atoms with van der Waals surface area (Å²) in [6.07, 6.45) is 4.05. The fourth-order valence-corrected chi connectivity index (χ4v) is 1.21. The third-order valence-corrected chi connectivity index (χ3v) is 1.78. The van der Waals surface area contributed by atoms with Gasteiger partial charge >= 0.3 is 0 Å². The van der Waals surface area contributed by atoms with Gasteiger partial charge in [-0.15, -0.1) is 0 Å². The molecule has 1 radical (unpaired) electrons. The quantitative estimate of drug-likeness (QED) is 0.544. The summed E-state index contributed by atoms with van der Waals surface area (Å²) in [5, 5.41) is 0. The van der Waals surface area contributed by atoms with Crippen molar-refractivity contribution in [1.29, 1.82) is 0 Å². The zero-order chi connectivity index (χ0) is 7.68. The Bertz CT molecular complexity index is 300. The molecule has 1 nitrogen and oxygen atoms in total. The lowest BCUT2D eigenvalue weighted by atomic mass is 10.1. The van der Waals surface area contributed by atoms with E-state index in [-0.39, 0.29) is 0 Å². The minimum atomic E-state index is 0.677. The third kappa shape index (κ3) is 1.03. The van der Waals surface area contributed by atoms with Crippen molar-refractivity contribution in [3.05, 3.63) is 42.3 Å². The van der Waals surface area contributed by atoms with Crippen molar-refractivity contribution >= 4 is 6.08 Å². The summed E-state index contributed by atoms with van der Waals surface area (Å²) in [5.41, 5.74) is 2.14. The summed E-state index contributed by atoms with van der Waals surface area (Å²) >= 11 is 0. The zero-order valence-corrected chi connectivity index (χ0v) is 6.21. The average Bonchev–Trinajstić information content (AvgIpc) is 2.06. The third-order valence-electron chi connectivity index (χ3n) is 1.78. The first-order valence-corrected chi connectivity index (χ1v) is 3.62. The van der Waals surface area contributed by atoms with Gasteiger partial charge in [-0.05, 0) is 24.6 Å². The van der Waals surface area contributed by atoms with Crippen LogP contribution < -0.4 is 4.74 Å². The van der Waals surface area contributed by atoms with E-state index in [0.29, 0.717) is 6.61 Å². The molecule has 0 aromatic heterocycles. The molecule has 0 saturated carbocycles. The van der Waals surface area contributed by atoms with Gasteiger partial charge in [0.2, 0.25) is 0 Å². The van der Waals surface area contributed by atoms with Crippen LogP contribution in [-0.4, -0.2) is 6.61 Å². The summed E-state index contributed by atoms with van der Waals surface area (Å²) in [5.74, 6) is 0.944. The molecule has 1 heteroatoms. The molecule has 1 aliphatic rings. The minimum Gasteiger partial charge on any atom is -0.489 e. The predicted octanol–water partition coefficient (Wildman–Crippen LogP) is 2.27. The van der Waals surface area contributed by atoms with Crippen molar-refractivity contribution in [2.45, 2.75) is 0 Å². The summed E-state index contributed by atoms with van der Waals surface area (Å²) < 4.78 is 5.38. The molecule has 0 atom stereocenters. The van der Waals surface area contributed by atoms with Gasteiger partial charge in [0, 0.05) is 5.56 Å². The second-order valence-electron chi connectivity index (χ2n) is 2.54.